The number of aliphatic hydroxyl groups is 2. The van der Waals surface area contributed by atoms with Crippen molar-refractivity contribution in [2.45, 2.75) is 46.1 Å². The molecule has 20 heavy (non-hydrogen) atoms. The van der Waals surface area contributed by atoms with Gasteiger partial charge in [-0.3, -0.25) is 0 Å². The number of rotatable bonds is 7. The van der Waals surface area contributed by atoms with Crippen LogP contribution in [0.4, 0.5) is 11.6 Å². The first-order valence-corrected chi connectivity index (χ1v) is 6.99. The van der Waals surface area contributed by atoms with Crippen LogP contribution in [-0.4, -0.2) is 45.5 Å². The fourth-order valence-electron chi connectivity index (χ4n) is 1.67. The fourth-order valence-corrected chi connectivity index (χ4v) is 1.67. The monoisotopic (exact) mass is 282 g/mol. The number of nitrogens with zero attached hydrogens (tertiary/aromatic N) is 2. The molecule has 0 unspecified atom stereocenters. The van der Waals surface area contributed by atoms with Gasteiger partial charge in [-0.15, -0.1) is 0 Å². The molecule has 0 spiro atoms. The third-order valence-corrected chi connectivity index (χ3v) is 3.14. The molecule has 4 N–H and O–H groups in total. The van der Waals surface area contributed by atoms with Gasteiger partial charge in [0.1, 0.15) is 17.5 Å². The van der Waals surface area contributed by atoms with Gasteiger partial charge in [0.25, 0.3) is 0 Å². The Bertz CT molecular complexity index is 445. The van der Waals surface area contributed by atoms with Gasteiger partial charge in [0.05, 0.1) is 18.8 Å². The summed E-state index contributed by atoms with van der Waals surface area (Å²) in [7, 11) is 0. The Labute approximate surface area is 120 Å². The van der Waals surface area contributed by atoms with E-state index in [-0.39, 0.29) is 19.1 Å². The summed E-state index contributed by atoms with van der Waals surface area (Å²) < 4.78 is 0. The molecule has 1 heterocycles. The molecule has 6 nitrogen and oxygen atoms in total. The molecule has 6 heteroatoms. The second kappa shape index (κ2) is 6.85. The van der Waals surface area contributed by atoms with E-state index in [1.165, 1.54) is 0 Å². The van der Waals surface area contributed by atoms with E-state index >= 15 is 0 Å². The molecule has 0 bridgehead atoms. The van der Waals surface area contributed by atoms with E-state index in [1.807, 2.05) is 27.7 Å². The van der Waals surface area contributed by atoms with Crippen LogP contribution in [0.2, 0.25) is 0 Å². The molecule has 0 saturated carbocycles. The van der Waals surface area contributed by atoms with Crippen LogP contribution in [0.15, 0.2) is 0 Å². The second-order valence-corrected chi connectivity index (χ2v) is 5.59. The number of aromatic nitrogens is 2. The highest BCUT2D eigenvalue weighted by atomic mass is 16.3. The SMILES string of the molecule is CCNc1nc(C(C)C)nc(NC(C)(CO)CO)c1C. The van der Waals surface area contributed by atoms with Gasteiger partial charge in [0.15, 0.2) is 0 Å². The predicted octanol–water partition coefficient (Wildman–Crippen LogP) is 1.50. The van der Waals surface area contributed by atoms with Gasteiger partial charge in [-0.1, -0.05) is 13.8 Å². The lowest BCUT2D eigenvalue weighted by molar-refractivity contribution is 0.147. The minimum absolute atomic E-state index is 0.180. The maximum atomic E-state index is 9.41. The minimum atomic E-state index is -0.809. The quantitative estimate of drug-likeness (QED) is 0.606. The molecule has 0 radical (unpaired) electrons. The van der Waals surface area contributed by atoms with Gasteiger partial charge in [-0.2, -0.15) is 0 Å². The van der Waals surface area contributed by atoms with Gasteiger partial charge in [-0.25, -0.2) is 9.97 Å². The number of anilines is 2. The van der Waals surface area contributed by atoms with Crippen LogP contribution in [0.5, 0.6) is 0 Å². The molecule has 1 rings (SSSR count). The van der Waals surface area contributed by atoms with Crippen molar-refractivity contribution in [1.82, 2.24) is 9.97 Å². The van der Waals surface area contributed by atoms with Crippen LogP contribution < -0.4 is 10.6 Å². The molecular weight excluding hydrogens is 256 g/mol. The van der Waals surface area contributed by atoms with Crippen molar-refractivity contribution in [3.8, 4) is 0 Å². The molecule has 0 saturated heterocycles. The Morgan fingerprint density at radius 1 is 1.15 bits per heavy atom. The minimum Gasteiger partial charge on any atom is -0.394 e. The number of hydrogen-bond donors (Lipinski definition) is 4. The third-order valence-electron chi connectivity index (χ3n) is 3.14. The van der Waals surface area contributed by atoms with Crippen molar-refractivity contribution in [3.05, 3.63) is 11.4 Å². The predicted molar refractivity (Wildman–Crippen MR) is 81.2 cm³/mol. The van der Waals surface area contributed by atoms with Gasteiger partial charge in [0.2, 0.25) is 0 Å². The highest BCUT2D eigenvalue weighted by molar-refractivity contribution is 5.58. The lowest BCUT2D eigenvalue weighted by Crippen LogP contribution is -2.43. The second-order valence-electron chi connectivity index (χ2n) is 5.59. The van der Waals surface area contributed by atoms with Crippen molar-refractivity contribution in [1.29, 1.82) is 0 Å². The van der Waals surface area contributed by atoms with E-state index in [0.29, 0.717) is 5.82 Å². The summed E-state index contributed by atoms with van der Waals surface area (Å²) in [4.78, 5) is 9.03. The molecule has 0 fully saturated rings. The number of nitrogens with one attached hydrogen (secondary N) is 2. The van der Waals surface area contributed by atoms with Crippen LogP contribution in [0.3, 0.4) is 0 Å². The average Bonchev–Trinajstić information content (AvgIpc) is 2.42. The molecule has 114 valence electrons. The molecular formula is C14H26N4O2. The topological polar surface area (TPSA) is 90.3 Å². The van der Waals surface area contributed by atoms with Gasteiger partial charge < -0.3 is 20.8 Å². The molecule has 0 aliphatic rings. The largest absolute Gasteiger partial charge is 0.394 e. The van der Waals surface area contributed by atoms with E-state index in [4.69, 9.17) is 0 Å². The number of aliphatic hydroxyl groups excluding tert-OH is 2. The van der Waals surface area contributed by atoms with Crippen molar-refractivity contribution < 1.29 is 10.2 Å². The van der Waals surface area contributed by atoms with Crippen LogP contribution in [0, 0.1) is 6.92 Å². The Kier molecular flexibility index (Phi) is 5.71. The maximum Gasteiger partial charge on any atom is 0.135 e. The van der Waals surface area contributed by atoms with Crippen molar-refractivity contribution >= 4 is 11.6 Å². The zero-order valence-corrected chi connectivity index (χ0v) is 13.0. The van der Waals surface area contributed by atoms with Crippen LogP contribution >= 0.6 is 0 Å². The highest BCUT2D eigenvalue weighted by Gasteiger charge is 2.24. The molecule has 0 atom stereocenters. The van der Waals surface area contributed by atoms with Gasteiger partial charge in [-0.05, 0) is 20.8 Å². The van der Waals surface area contributed by atoms with Crippen LogP contribution in [0.25, 0.3) is 0 Å². The lowest BCUT2D eigenvalue weighted by atomic mass is 10.1. The Morgan fingerprint density at radius 3 is 2.15 bits per heavy atom. The smallest absolute Gasteiger partial charge is 0.135 e. The van der Waals surface area contributed by atoms with Crippen molar-refractivity contribution in [2.24, 2.45) is 0 Å². The first-order chi connectivity index (χ1) is 9.36. The van der Waals surface area contributed by atoms with E-state index in [0.717, 1.165) is 23.8 Å². The first kappa shape index (κ1) is 16.7. The summed E-state index contributed by atoms with van der Waals surface area (Å²) in [5, 5.41) is 25.2. The number of hydrogen-bond acceptors (Lipinski definition) is 6. The molecule has 0 aliphatic heterocycles. The van der Waals surface area contributed by atoms with E-state index in [1.54, 1.807) is 6.92 Å². The maximum absolute atomic E-state index is 9.41. The molecule has 0 amide bonds. The zero-order valence-electron chi connectivity index (χ0n) is 13.0. The highest BCUT2D eigenvalue weighted by Crippen LogP contribution is 2.25. The van der Waals surface area contributed by atoms with E-state index in [2.05, 4.69) is 20.6 Å². The fraction of sp³-hybridized carbons (Fsp3) is 0.714. The standard InChI is InChI=1S/C14H26N4O2/c1-6-15-12-10(4)13(17-11(16-12)9(2)3)18-14(5,7-19)8-20/h9,19-20H,6-8H2,1-5H3,(H2,15,16,17,18). The van der Waals surface area contributed by atoms with Crippen molar-refractivity contribution in [3.63, 3.8) is 0 Å². The van der Waals surface area contributed by atoms with E-state index in [9.17, 15) is 10.2 Å². The Balaban J connectivity index is 3.23. The van der Waals surface area contributed by atoms with Gasteiger partial charge >= 0.3 is 0 Å². The van der Waals surface area contributed by atoms with Crippen LogP contribution in [0.1, 0.15) is 45.0 Å². The van der Waals surface area contributed by atoms with Crippen LogP contribution in [-0.2, 0) is 0 Å². The van der Waals surface area contributed by atoms with E-state index < -0.39 is 5.54 Å². The summed E-state index contributed by atoms with van der Waals surface area (Å²) >= 11 is 0. The summed E-state index contributed by atoms with van der Waals surface area (Å²) in [6.07, 6.45) is 0. The molecule has 0 aliphatic carbocycles. The molecule has 1 aromatic rings. The lowest BCUT2D eigenvalue weighted by Gasteiger charge is -2.28. The summed E-state index contributed by atoms with van der Waals surface area (Å²) in [6, 6.07) is 0. The van der Waals surface area contributed by atoms with Gasteiger partial charge in [0, 0.05) is 18.0 Å². The summed E-state index contributed by atoms with van der Waals surface area (Å²) in [6.45, 7) is 10.1. The molecule has 0 aromatic carbocycles. The first-order valence-electron chi connectivity index (χ1n) is 6.99. The Morgan fingerprint density at radius 2 is 1.70 bits per heavy atom. The van der Waals surface area contributed by atoms with Crippen molar-refractivity contribution in [2.75, 3.05) is 30.4 Å². The molecule has 1 aromatic heterocycles. The normalized spacial score (nSPS) is 11.8. The average molecular weight is 282 g/mol. The Hall–Kier alpha value is -1.40. The summed E-state index contributed by atoms with van der Waals surface area (Å²) in [5.41, 5.74) is 0.0704. The summed E-state index contributed by atoms with van der Waals surface area (Å²) in [5.74, 6) is 2.35. The zero-order chi connectivity index (χ0) is 15.3. The third kappa shape index (κ3) is 3.80.